The first-order chi connectivity index (χ1) is 9.37. The molecule has 0 bridgehead atoms. The molecule has 0 saturated heterocycles. The third-order valence-electron chi connectivity index (χ3n) is 3.60. The van der Waals surface area contributed by atoms with Gasteiger partial charge in [0.15, 0.2) is 0 Å². The molecule has 1 unspecified atom stereocenters. The van der Waals surface area contributed by atoms with Crippen molar-refractivity contribution in [1.29, 1.82) is 0 Å². The predicted octanol–water partition coefficient (Wildman–Crippen LogP) is 3.76. The van der Waals surface area contributed by atoms with Gasteiger partial charge in [0, 0.05) is 5.71 Å². The maximum Gasteiger partial charge on any atom is 0.274 e. The van der Waals surface area contributed by atoms with Gasteiger partial charge < -0.3 is 0 Å². The fraction of sp³-hybridized carbons (Fsp3) is 0.500. The van der Waals surface area contributed by atoms with E-state index in [9.17, 15) is 9.18 Å². The second kappa shape index (κ2) is 5.73. The van der Waals surface area contributed by atoms with E-state index in [-0.39, 0.29) is 11.0 Å². The number of benzene rings is 1. The zero-order chi connectivity index (χ0) is 14.8. The SMILES string of the molecule is CC1C/C(=N\NC(=O)c2ccccc2F)CC(C)(C)C1. The van der Waals surface area contributed by atoms with Gasteiger partial charge in [-0.15, -0.1) is 0 Å². The van der Waals surface area contributed by atoms with Gasteiger partial charge in [0.2, 0.25) is 0 Å². The van der Waals surface area contributed by atoms with Gasteiger partial charge in [-0.1, -0.05) is 32.9 Å². The Hall–Kier alpha value is -1.71. The van der Waals surface area contributed by atoms with Crippen LogP contribution in [0.1, 0.15) is 50.4 Å². The lowest BCUT2D eigenvalue weighted by Crippen LogP contribution is -2.30. The number of nitrogens with zero attached hydrogens (tertiary/aromatic N) is 1. The molecule has 108 valence electrons. The lowest BCUT2D eigenvalue weighted by Gasteiger charge is -2.34. The standard InChI is InChI=1S/C16H21FN2O/c1-11-8-12(10-16(2,3)9-11)18-19-15(20)13-6-4-5-7-14(13)17/h4-7,11H,8-10H2,1-3H3,(H,19,20)/b18-12+. The summed E-state index contributed by atoms with van der Waals surface area (Å²) in [5.74, 6) is -0.461. The van der Waals surface area contributed by atoms with Gasteiger partial charge in [-0.2, -0.15) is 5.10 Å². The maximum atomic E-state index is 13.5. The van der Waals surface area contributed by atoms with Crippen molar-refractivity contribution in [3.8, 4) is 0 Å². The highest BCUT2D eigenvalue weighted by Gasteiger charge is 2.29. The minimum absolute atomic E-state index is 0.0277. The molecule has 1 aromatic rings. The minimum atomic E-state index is -0.525. The number of halogens is 1. The summed E-state index contributed by atoms with van der Waals surface area (Å²) < 4.78 is 13.5. The Kier molecular flexibility index (Phi) is 4.21. The predicted molar refractivity (Wildman–Crippen MR) is 78.1 cm³/mol. The highest BCUT2D eigenvalue weighted by Crippen LogP contribution is 2.36. The molecule has 0 heterocycles. The molecule has 1 saturated carbocycles. The molecule has 20 heavy (non-hydrogen) atoms. The van der Waals surface area contributed by atoms with E-state index < -0.39 is 11.7 Å². The van der Waals surface area contributed by atoms with E-state index >= 15 is 0 Å². The fourth-order valence-corrected chi connectivity index (χ4v) is 3.04. The Labute approximate surface area is 119 Å². The molecule has 0 aliphatic heterocycles. The molecular formula is C16H21FN2O. The Bertz CT molecular complexity index is 537. The third-order valence-corrected chi connectivity index (χ3v) is 3.60. The summed E-state index contributed by atoms with van der Waals surface area (Å²) in [5.41, 5.74) is 3.70. The lowest BCUT2D eigenvalue weighted by molar-refractivity contribution is 0.0950. The largest absolute Gasteiger partial charge is 0.274 e. The average Bonchev–Trinajstić information content (AvgIpc) is 2.34. The van der Waals surface area contributed by atoms with Crippen molar-refractivity contribution >= 4 is 11.6 Å². The van der Waals surface area contributed by atoms with E-state index in [0.717, 1.165) is 25.0 Å². The molecule has 3 nitrogen and oxygen atoms in total. The van der Waals surface area contributed by atoms with Crippen LogP contribution in [0, 0.1) is 17.2 Å². The van der Waals surface area contributed by atoms with Crippen LogP contribution in [0.2, 0.25) is 0 Å². The van der Waals surface area contributed by atoms with E-state index in [4.69, 9.17) is 0 Å². The summed E-state index contributed by atoms with van der Waals surface area (Å²) in [6.45, 7) is 6.60. The quantitative estimate of drug-likeness (QED) is 0.821. The molecule has 1 aliphatic carbocycles. The molecule has 1 aromatic carbocycles. The van der Waals surface area contributed by atoms with Crippen molar-refractivity contribution in [3.05, 3.63) is 35.6 Å². The molecular weight excluding hydrogens is 255 g/mol. The number of carbonyl (C=O) groups excluding carboxylic acids is 1. The summed E-state index contributed by atoms with van der Waals surface area (Å²) in [5, 5.41) is 4.20. The molecule has 2 rings (SSSR count). The number of amides is 1. The van der Waals surface area contributed by atoms with Crippen LogP contribution in [-0.4, -0.2) is 11.6 Å². The molecule has 1 aliphatic rings. The zero-order valence-corrected chi connectivity index (χ0v) is 12.2. The van der Waals surface area contributed by atoms with Crippen LogP contribution in [0.5, 0.6) is 0 Å². The highest BCUT2D eigenvalue weighted by atomic mass is 19.1. The van der Waals surface area contributed by atoms with Gasteiger partial charge in [0.1, 0.15) is 5.82 Å². The fourth-order valence-electron chi connectivity index (χ4n) is 3.04. The summed E-state index contributed by atoms with van der Waals surface area (Å²) in [7, 11) is 0. The zero-order valence-electron chi connectivity index (χ0n) is 12.2. The van der Waals surface area contributed by atoms with Gasteiger partial charge in [-0.25, -0.2) is 9.82 Å². The van der Waals surface area contributed by atoms with Crippen LogP contribution in [0.4, 0.5) is 4.39 Å². The number of carbonyl (C=O) groups is 1. The Morgan fingerprint density at radius 2 is 2.10 bits per heavy atom. The van der Waals surface area contributed by atoms with Crippen molar-refractivity contribution < 1.29 is 9.18 Å². The van der Waals surface area contributed by atoms with Gasteiger partial charge in [0.05, 0.1) is 5.56 Å². The Morgan fingerprint density at radius 3 is 2.75 bits per heavy atom. The number of hydrogen-bond acceptors (Lipinski definition) is 2. The van der Waals surface area contributed by atoms with Crippen molar-refractivity contribution in [1.82, 2.24) is 5.43 Å². The normalized spacial score (nSPS) is 23.6. The second-order valence-electron chi connectivity index (χ2n) is 6.45. The van der Waals surface area contributed by atoms with Crippen LogP contribution in [0.15, 0.2) is 29.4 Å². The van der Waals surface area contributed by atoms with Gasteiger partial charge in [0.25, 0.3) is 5.91 Å². The summed E-state index contributed by atoms with van der Waals surface area (Å²) in [6, 6.07) is 5.92. The Balaban J connectivity index is 2.06. The monoisotopic (exact) mass is 276 g/mol. The van der Waals surface area contributed by atoms with E-state index in [1.165, 1.54) is 12.1 Å². The van der Waals surface area contributed by atoms with E-state index in [2.05, 4.69) is 31.3 Å². The Morgan fingerprint density at radius 1 is 1.40 bits per heavy atom. The molecule has 0 aromatic heterocycles. The number of rotatable bonds is 2. The first-order valence-corrected chi connectivity index (χ1v) is 6.98. The van der Waals surface area contributed by atoms with Crippen LogP contribution in [0.25, 0.3) is 0 Å². The van der Waals surface area contributed by atoms with Crippen molar-refractivity contribution in [2.45, 2.75) is 40.0 Å². The van der Waals surface area contributed by atoms with E-state index in [0.29, 0.717) is 5.92 Å². The first-order valence-electron chi connectivity index (χ1n) is 6.98. The molecule has 0 spiro atoms. The van der Waals surface area contributed by atoms with Crippen LogP contribution >= 0.6 is 0 Å². The minimum Gasteiger partial charge on any atom is -0.267 e. The van der Waals surface area contributed by atoms with Gasteiger partial charge >= 0.3 is 0 Å². The summed E-state index contributed by atoms with van der Waals surface area (Å²) in [4.78, 5) is 11.9. The molecule has 1 amide bonds. The molecule has 1 atom stereocenters. The third kappa shape index (κ3) is 3.65. The lowest BCUT2D eigenvalue weighted by atomic mass is 9.72. The van der Waals surface area contributed by atoms with Crippen LogP contribution in [-0.2, 0) is 0 Å². The number of hydrogen-bond donors (Lipinski definition) is 1. The smallest absolute Gasteiger partial charge is 0.267 e. The van der Waals surface area contributed by atoms with Crippen LogP contribution < -0.4 is 5.43 Å². The second-order valence-corrected chi connectivity index (χ2v) is 6.45. The maximum absolute atomic E-state index is 13.5. The first kappa shape index (κ1) is 14.7. The topological polar surface area (TPSA) is 41.5 Å². The van der Waals surface area contributed by atoms with Gasteiger partial charge in [-0.3, -0.25) is 4.79 Å². The summed E-state index contributed by atoms with van der Waals surface area (Å²) >= 11 is 0. The van der Waals surface area contributed by atoms with Crippen molar-refractivity contribution in [3.63, 3.8) is 0 Å². The molecule has 1 fully saturated rings. The molecule has 4 heteroatoms. The van der Waals surface area contributed by atoms with E-state index in [1.807, 2.05) is 0 Å². The van der Waals surface area contributed by atoms with Crippen molar-refractivity contribution in [2.24, 2.45) is 16.4 Å². The van der Waals surface area contributed by atoms with E-state index in [1.54, 1.807) is 12.1 Å². The summed E-state index contributed by atoms with van der Waals surface area (Å²) in [6.07, 6.45) is 2.92. The number of nitrogens with one attached hydrogen (secondary N) is 1. The van der Waals surface area contributed by atoms with Crippen LogP contribution in [0.3, 0.4) is 0 Å². The average molecular weight is 276 g/mol. The highest BCUT2D eigenvalue weighted by molar-refractivity contribution is 5.95. The van der Waals surface area contributed by atoms with Gasteiger partial charge in [-0.05, 0) is 42.7 Å². The number of hydrazone groups is 1. The molecule has 0 radical (unpaired) electrons. The van der Waals surface area contributed by atoms with Crippen molar-refractivity contribution in [2.75, 3.05) is 0 Å². The molecule has 1 N–H and O–H groups in total.